The minimum Gasteiger partial charge on any atom is -0.490 e. The van der Waals surface area contributed by atoms with Crippen molar-refractivity contribution < 1.29 is 19.1 Å². The smallest absolute Gasteiger partial charge is 0.333 e. The maximum atomic E-state index is 13.0. The summed E-state index contributed by atoms with van der Waals surface area (Å²) in [6, 6.07) is 17.8. The van der Waals surface area contributed by atoms with E-state index in [1.807, 2.05) is 37.3 Å². The molecule has 0 aliphatic carbocycles. The Hall–Kier alpha value is -2.31. The molecule has 3 aromatic rings. The van der Waals surface area contributed by atoms with Gasteiger partial charge in [-0.05, 0) is 112 Å². The van der Waals surface area contributed by atoms with Gasteiger partial charge >= 0.3 is 6.03 Å². The van der Waals surface area contributed by atoms with Crippen LogP contribution in [-0.4, -0.2) is 18.5 Å². The zero-order valence-corrected chi connectivity index (χ0v) is 23.1. The second kappa shape index (κ2) is 11.0. The van der Waals surface area contributed by atoms with Crippen molar-refractivity contribution >= 4 is 80.5 Å². The van der Waals surface area contributed by atoms with Gasteiger partial charge in [-0.1, -0.05) is 29.8 Å². The predicted molar refractivity (Wildman–Crippen MR) is 149 cm³/mol. The topological polar surface area (TPSA) is 67.9 Å². The van der Waals surface area contributed by atoms with Gasteiger partial charge in [-0.15, -0.1) is 0 Å². The molecule has 1 fully saturated rings. The SMILES string of the molecule is CCOc1cc(/C=C2/NC(=O)N(c3cccc(Cl)c3)C2=O)cc(I)c1OCc1ccc(I)cc1. The number of carbonyl (C=O) groups is 2. The van der Waals surface area contributed by atoms with Crippen molar-refractivity contribution in [3.8, 4) is 11.5 Å². The van der Waals surface area contributed by atoms with E-state index in [0.29, 0.717) is 41.0 Å². The number of anilines is 1. The average molecular weight is 701 g/mol. The number of ether oxygens (including phenoxy) is 2. The van der Waals surface area contributed by atoms with E-state index in [0.717, 1.165) is 17.6 Å². The number of nitrogens with zero attached hydrogens (tertiary/aromatic N) is 1. The van der Waals surface area contributed by atoms with Crippen LogP contribution in [0.5, 0.6) is 11.5 Å². The fraction of sp³-hybridized carbons (Fsp3) is 0.120. The fourth-order valence-electron chi connectivity index (χ4n) is 3.36. The number of imide groups is 1. The molecule has 3 aromatic carbocycles. The third-order valence-electron chi connectivity index (χ3n) is 4.88. The number of halogens is 3. The largest absolute Gasteiger partial charge is 0.490 e. The molecule has 1 heterocycles. The number of urea groups is 1. The van der Waals surface area contributed by atoms with Crippen molar-refractivity contribution in [1.29, 1.82) is 0 Å². The van der Waals surface area contributed by atoms with Gasteiger partial charge < -0.3 is 14.8 Å². The zero-order valence-electron chi connectivity index (χ0n) is 18.0. The first-order valence-electron chi connectivity index (χ1n) is 10.3. The molecular formula is C25H19ClI2N2O4. The van der Waals surface area contributed by atoms with E-state index < -0.39 is 11.9 Å². The standard InChI is InChI=1S/C25H19ClI2N2O4/c1-2-33-22-12-16(10-20(28)23(22)34-14-15-6-8-18(27)9-7-15)11-21-24(31)30(25(32)29-21)19-5-3-4-17(26)13-19/h3-13H,2,14H2,1H3,(H,29,32)/b21-11+. The van der Waals surface area contributed by atoms with Gasteiger partial charge in [0.25, 0.3) is 5.91 Å². The molecule has 0 aromatic heterocycles. The van der Waals surface area contributed by atoms with Crippen molar-refractivity contribution in [2.24, 2.45) is 0 Å². The van der Waals surface area contributed by atoms with Crippen LogP contribution < -0.4 is 19.7 Å². The molecule has 0 bridgehead atoms. The Bertz CT molecular complexity index is 1280. The number of rotatable bonds is 7. The maximum Gasteiger partial charge on any atom is 0.333 e. The second-order valence-corrected chi connectivity index (χ2v) is 10.1. The lowest BCUT2D eigenvalue weighted by Crippen LogP contribution is -2.30. The van der Waals surface area contributed by atoms with Gasteiger partial charge in [-0.2, -0.15) is 0 Å². The monoisotopic (exact) mass is 700 g/mol. The Labute approximate surface area is 229 Å². The number of hydrogen-bond acceptors (Lipinski definition) is 4. The van der Waals surface area contributed by atoms with E-state index in [2.05, 4.69) is 50.5 Å². The Kier molecular flexibility index (Phi) is 7.99. The zero-order chi connectivity index (χ0) is 24.2. The molecule has 9 heteroatoms. The summed E-state index contributed by atoms with van der Waals surface area (Å²) in [5.74, 6) is 0.736. The van der Waals surface area contributed by atoms with Gasteiger partial charge in [0.2, 0.25) is 0 Å². The van der Waals surface area contributed by atoms with Crippen LogP contribution in [0, 0.1) is 7.14 Å². The van der Waals surface area contributed by atoms with Gasteiger partial charge in [0.1, 0.15) is 12.3 Å². The van der Waals surface area contributed by atoms with Crippen molar-refractivity contribution in [2.45, 2.75) is 13.5 Å². The van der Waals surface area contributed by atoms with Crippen molar-refractivity contribution in [3.63, 3.8) is 0 Å². The third kappa shape index (κ3) is 5.66. The summed E-state index contributed by atoms with van der Waals surface area (Å²) in [7, 11) is 0. The number of benzene rings is 3. The number of carbonyl (C=O) groups excluding carboxylic acids is 2. The Morgan fingerprint density at radius 3 is 2.50 bits per heavy atom. The second-order valence-electron chi connectivity index (χ2n) is 7.29. The van der Waals surface area contributed by atoms with Crippen LogP contribution in [0.1, 0.15) is 18.1 Å². The molecule has 1 saturated heterocycles. The van der Waals surface area contributed by atoms with E-state index >= 15 is 0 Å². The molecule has 4 rings (SSSR count). The minimum atomic E-state index is -0.532. The normalized spacial score (nSPS) is 14.5. The molecule has 6 nitrogen and oxygen atoms in total. The Balaban J connectivity index is 1.60. The molecule has 0 spiro atoms. The molecule has 3 amide bonds. The van der Waals surface area contributed by atoms with E-state index in [1.165, 1.54) is 0 Å². The summed E-state index contributed by atoms with van der Waals surface area (Å²) in [5.41, 5.74) is 2.31. The molecule has 0 radical (unpaired) electrons. The lowest BCUT2D eigenvalue weighted by molar-refractivity contribution is -0.113. The molecular weight excluding hydrogens is 682 g/mol. The molecule has 1 N–H and O–H groups in total. The first kappa shape index (κ1) is 24.8. The first-order valence-corrected chi connectivity index (χ1v) is 12.9. The number of nitrogens with one attached hydrogen (secondary N) is 1. The fourth-order valence-corrected chi connectivity index (χ4v) is 4.69. The summed E-state index contributed by atoms with van der Waals surface area (Å²) in [4.78, 5) is 26.5. The van der Waals surface area contributed by atoms with Gasteiger partial charge in [0.05, 0.1) is 15.9 Å². The van der Waals surface area contributed by atoms with Crippen molar-refractivity contribution in [2.75, 3.05) is 11.5 Å². The molecule has 0 atom stereocenters. The van der Waals surface area contributed by atoms with Crippen LogP contribution in [0.2, 0.25) is 5.02 Å². The van der Waals surface area contributed by atoms with Crippen LogP contribution in [0.4, 0.5) is 10.5 Å². The van der Waals surface area contributed by atoms with Crippen molar-refractivity contribution in [3.05, 3.63) is 89.7 Å². The number of amides is 3. The Morgan fingerprint density at radius 2 is 1.79 bits per heavy atom. The van der Waals surface area contributed by atoms with E-state index in [4.69, 9.17) is 21.1 Å². The molecule has 34 heavy (non-hydrogen) atoms. The highest BCUT2D eigenvalue weighted by Gasteiger charge is 2.35. The first-order chi connectivity index (χ1) is 16.4. The molecule has 0 unspecified atom stereocenters. The van der Waals surface area contributed by atoms with Crippen LogP contribution in [0.3, 0.4) is 0 Å². The maximum absolute atomic E-state index is 13.0. The molecule has 1 aliphatic heterocycles. The number of hydrogen-bond donors (Lipinski definition) is 1. The third-order valence-corrected chi connectivity index (χ3v) is 6.64. The highest BCUT2D eigenvalue weighted by Crippen LogP contribution is 2.36. The highest BCUT2D eigenvalue weighted by atomic mass is 127. The van der Waals surface area contributed by atoms with Gasteiger partial charge in [0, 0.05) is 8.59 Å². The predicted octanol–water partition coefficient (Wildman–Crippen LogP) is 6.62. The van der Waals surface area contributed by atoms with Crippen LogP contribution in [-0.2, 0) is 11.4 Å². The highest BCUT2D eigenvalue weighted by molar-refractivity contribution is 14.1. The van der Waals surface area contributed by atoms with E-state index in [-0.39, 0.29) is 5.70 Å². The van der Waals surface area contributed by atoms with Crippen LogP contribution >= 0.6 is 56.8 Å². The quantitative estimate of drug-likeness (QED) is 0.171. The molecule has 1 aliphatic rings. The van der Waals surface area contributed by atoms with Gasteiger partial charge in [-0.25, -0.2) is 9.69 Å². The van der Waals surface area contributed by atoms with E-state index in [1.54, 1.807) is 36.4 Å². The summed E-state index contributed by atoms with van der Waals surface area (Å²) < 4.78 is 13.9. The summed E-state index contributed by atoms with van der Waals surface area (Å²) in [5, 5.41) is 3.07. The summed E-state index contributed by atoms with van der Waals surface area (Å²) in [6.45, 7) is 2.75. The van der Waals surface area contributed by atoms with E-state index in [9.17, 15) is 9.59 Å². The molecule has 0 saturated carbocycles. The lowest BCUT2D eigenvalue weighted by Gasteiger charge is -2.15. The minimum absolute atomic E-state index is 0.163. The van der Waals surface area contributed by atoms with Gasteiger partial charge in [-0.3, -0.25) is 4.79 Å². The van der Waals surface area contributed by atoms with Crippen LogP contribution in [0.25, 0.3) is 6.08 Å². The summed E-state index contributed by atoms with van der Waals surface area (Å²) >= 11 is 10.5. The Morgan fingerprint density at radius 1 is 1.03 bits per heavy atom. The van der Waals surface area contributed by atoms with Gasteiger partial charge in [0.15, 0.2) is 11.5 Å². The molecule has 174 valence electrons. The lowest BCUT2D eigenvalue weighted by atomic mass is 10.1. The average Bonchev–Trinajstić information content (AvgIpc) is 3.07. The van der Waals surface area contributed by atoms with Crippen molar-refractivity contribution in [1.82, 2.24) is 5.32 Å². The summed E-state index contributed by atoms with van der Waals surface area (Å²) in [6.07, 6.45) is 1.62. The van der Waals surface area contributed by atoms with Crippen LogP contribution in [0.15, 0.2) is 66.4 Å².